The van der Waals surface area contributed by atoms with E-state index in [1.54, 1.807) is 0 Å². The second-order valence-electron chi connectivity index (χ2n) is 10.1. The summed E-state index contributed by atoms with van der Waals surface area (Å²) >= 11 is 2.92. The van der Waals surface area contributed by atoms with Crippen LogP contribution in [0.25, 0.3) is 10.2 Å². The molecule has 4 rings (SSSR count). The zero-order valence-electron chi connectivity index (χ0n) is 21.2. The number of nitrogens with one attached hydrogen (secondary N) is 2. The first kappa shape index (κ1) is 25.9. The molecule has 0 bridgehead atoms. The predicted octanol–water partition coefficient (Wildman–Crippen LogP) is 7.70. The largest absolute Gasteiger partial charge is 0.325 e. The molecule has 0 saturated heterocycles. The molecule has 0 fully saturated rings. The standard InChI is InChI=1S/C29H31N3O2S2/c1-18(2)19-8-12-22(13-9-19)30-26(33)17-35-28-32-24-15-14-23(16-25(24)36-28)31-27(34)20-6-10-21(11-7-20)29(3,4)5/h6-16,18H,17H2,1-5H3,(H,30,33)(H,31,34). The molecule has 186 valence electrons. The van der Waals surface area contributed by atoms with Gasteiger partial charge in [-0.1, -0.05) is 70.6 Å². The van der Waals surface area contributed by atoms with Crippen LogP contribution in [0.3, 0.4) is 0 Å². The van der Waals surface area contributed by atoms with Crippen molar-refractivity contribution < 1.29 is 9.59 Å². The molecule has 0 saturated carbocycles. The molecular weight excluding hydrogens is 486 g/mol. The van der Waals surface area contributed by atoms with Gasteiger partial charge in [0.15, 0.2) is 4.34 Å². The number of thioether (sulfide) groups is 1. The number of fused-ring (bicyclic) bond motifs is 1. The van der Waals surface area contributed by atoms with E-state index in [9.17, 15) is 9.59 Å². The number of hydrogen-bond donors (Lipinski definition) is 2. The lowest BCUT2D eigenvalue weighted by molar-refractivity contribution is -0.113. The van der Waals surface area contributed by atoms with Crippen molar-refractivity contribution in [2.45, 2.75) is 50.3 Å². The number of rotatable bonds is 7. The van der Waals surface area contributed by atoms with Gasteiger partial charge in [-0.3, -0.25) is 9.59 Å². The highest BCUT2D eigenvalue weighted by atomic mass is 32.2. The van der Waals surface area contributed by atoms with E-state index < -0.39 is 0 Å². The SMILES string of the molecule is CC(C)c1ccc(NC(=O)CSc2nc3ccc(NC(=O)c4ccc(C(C)(C)C)cc4)cc3s2)cc1. The average molecular weight is 518 g/mol. The van der Waals surface area contributed by atoms with E-state index in [1.165, 1.54) is 34.2 Å². The minimum absolute atomic E-state index is 0.0433. The molecule has 7 heteroatoms. The number of amides is 2. The molecular formula is C29H31N3O2S2. The number of aromatic nitrogens is 1. The van der Waals surface area contributed by atoms with Gasteiger partial charge in [-0.15, -0.1) is 11.3 Å². The normalized spacial score (nSPS) is 11.6. The number of hydrogen-bond acceptors (Lipinski definition) is 5. The Kier molecular flexibility index (Phi) is 7.81. The maximum absolute atomic E-state index is 12.7. The molecule has 1 heterocycles. The number of anilines is 2. The third kappa shape index (κ3) is 6.53. The molecule has 0 spiro atoms. The summed E-state index contributed by atoms with van der Waals surface area (Å²) in [6.45, 7) is 10.7. The minimum Gasteiger partial charge on any atom is -0.325 e. The van der Waals surface area contributed by atoms with E-state index in [-0.39, 0.29) is 23.0 Å². The zero-order valence-corrected chi connectivity index (χ0v) is 22.8. The van der Waals surface area contributed by atoms with Crippen LogP contribution in [0.15, 0.2) is 71.1 Å². The van der Waals surface area contributed by atoms with Gasteiger partial charge in [0.1, 0.15) is 0 Å². The van der Waals surface area contributed by atoms with Crippen LogP contribution in [0.5, 0.6) is 0 Å². The maximum Gasteiger partial charge on any atom is 0.255 e. The predicted molar refractivity (Wildman–Crippen MR) is 153 cm³/mol. The minimum atomic E-state index is -0.146. The van der Waals surface area contributed by atoms with Gasteiger partial charge in [0, 0.05) is 16.9 Å². The van der Waals surface area contributed by atoms with E-state index in [4.69, 9.17) is 0 Å². The second-order valence-corrected chi connectivity index (χ2v) is 12.3. The first-order valence-electron chi connectivity index (χ1n) is 11.9. The molecule has 0 radical (unpaired) electrons. The fraction of sp³-hybridized carbons (Fsp3) is 0.276. The Hall–Kier alpha value is -3.16. The smallest absolute Gasteiger partial charge is 0.255 e. The highest BCUT2D eigenvalue weighted by Crippen LogP contribution is 2.31. The van der Waals surface area contributed by atoms with E-state index in [0.717, 1.165) is 25.9 Å². The van der Waals surface area contributed by atoms with Crippen molar-refractivity contribution >= 4 is 56.5 Å². The molecule has 0 atom stereocenters. The summed E-state index contributed by atoms with van der Waals surface area (Å²) < 4.78 is 1.78. The quantitative estimate of drug-likeness (QED) is 0.246. The third-order valence-electron chi connectivity index (χ3n) is 5.83. The van der Waals surface area contributed by atoms with Gasteiger partial charge in [-0.25, -0.2) is 4.98 Å². The zero-order chi connectivity index (χ0) is 25.9. The van der Waals surface area contributed by atoms with Crippen molar-refractivity contribution in [3.05, 3.63) is 83.4 Å². The summed E-state index contributed by atoms with van der Waals surface area (Å²) in [5.74, 6) is 0.520. The fourth-order valence-corrected chi connectivity index (χ4v) is 5.55. The lowest BCUT2D eigenvalue weighted by Crippen LogP contribution is -2.14. The summed E-state index contributed by atoms with van der Waals surface area (Å²) in [5, 5.41) is 5.91. The number of nitrogens with zero attached hydrogens (tertiary/aromatic N) is 1. The Balaban J connectivity index is 1.35. The number of carbonyl (C=O) groups is 2. The first-order valence-corrected chi connectivity index (χ1v) is 13.7. The fourth-order valence-electron chi connectivity index (χ4n) is 3.64. The third-order valence-corrected chi connectivity index (χ3v) is 7.99. The molecule has 4 aromatic rings. The maximum atomic E-state index is 12.7. The van der Waals surface area contributed by atoms with E-state index >= 15 is 0 Å². The lowest BCUT2D eigenvalue weighted by Gasteiger charge is -2.19. The van der Waals surface area contributed by atoms with Gasteiger partial charge < -0.3 is 10.6 Å². The average Bonchev–Trinajstić information content (AvgIpc) is 3.25. The summed E-state index contributed by atoms with van der Waals surface area (Å²) in [5.41, 5.74) is 5.45. The Morgan fingerprint density at radius 2 is 1.58 bits per heavy atom. The Morgan fingerprint density at radius 3 is 2.22 bits per heavy atom. The summed E-state index contributed by atoms with van der Waals surface area (Å²) in [4.78, 5) is 29.7. The van der Waals surface area contributed by atoms with Crippen LogP contribution < -0.4 is 10.6 Å². The van der Waals surface area contributed by atoms with Crippen molar-refractivity contribution in [2.75, 3.05) is 16.4 Å². The van der Waals surface area contributed by atoms with Crippen LogP contribution in [-0.4, -0.2) is 22.6 Å². The van der Waals surface area contributed by atoms with Gasteiger partial charge in [0.25, 0.3) is 5.91 Å². The van der Waals surface area contributed by atoms with Crippen LogP contribution in [-0.2, 0) is 10.2 Å². The first-order chi connectivity index (χ1) is 17.1. The van der Waals surface area contributed by atoms with Crippen molar-refractivity contribution in [1.82, 2.24) is 4.98 Å². The number of benzene rings is 3. The van der Waals surface area contributed by atoms with Gasteiger partial charge in [-0.05, 0) is 64.9 Å². The Bertz CT molecular complexity index is 1370. The van der Waals surface area contributed by atoms with Gasteiger partial charge >= 0.3 is 0 Å². The van der Waals surface area contributed by atoms with E-state index in [2.05, 4.69) is 50.2 Å². The highest BCUT2D eigenvalue weighted by molar-refractivity contribution is 8.01. The summed E-state index contributed by atoms with van der Waals surface area (Å²) in [6, 6.07) is 21.3. The molecule has 0 unspecified atom stereocenters. The van der Waals surface area contributed by atoms with Gasteiger partial charge in [0.05, 0.1) is 16.0 Å². The Morgan fingerprint density at radius 1 is 0.917 bits per heavy atom. The molecule has 2 amide bonds. The van der Waals surface area contributed by atoms with Crippen molar-refractivity contribution in [2.24, 2.45) is 0 Å². The molecule has 2 N–H and O–H groups in total. The molecule has 0 aliphatic rings. The molecule has 1 aromatic heterocycles. The van der Waals surface area contributed by atoms with Crippen LogP contribution in [0.2, 0.25) is 0 Å². The molecule has 5 nitrogen and oxygen atoms in total. The van der Waals surface area contributed by atoms with E-state index in [0.29, 0.717) is 11.5 Å². The van der Waals surface area contributed by atoms with Crippen LogP contribution >= 0.6 is 23.1 Å². The van der Waals surface area contributed by atoms with Gasteiger partial charge in [0.2, 0.25) is 5.91 Å². The van der Waals surface area contributed by atoms with Crippen LogP contribution in [0.1, 0.15) is 62.0 Å². The molecule has 36 heavy (non-hydrogen) atoms. The lowest BCUT2D eigenvalue weighted by atomic mass is 9.87. The van der Waals surface area contributed by atoms with Gasteiger partial charge in [-0.2, -0.15) is 0 Å². The molecule has 3 aromatic carbocycles. The topological polar surface area (TPSA) is 71.1 Å². The monoisotopic (exact) mass is 517 g/mol. The van der Waals surface area contributed by atoms with Crippen LogP contribution in [0, 0.1) is 0 Å². The molecule has 0 aliphatic heterocycles. The summed E-state index contributed by atoms with van der Waals surface area (Å²) in [6.07, 6.45) is 0. The highest BCUT2D eigenvalue weighted by Gasteiger charge is 2.15. The van der Waals surface area contributed by atoms with Crippen molar-refractivity contribution in [1.29, 1.82) is 0 Å². The van der Waals surface area contributed by atoms with Crippen molar-refractivity contribution in [3.8, 4) is 0 Å². The van der Waals surface area contributed by atoms with Crippen LogP contribution in [0.4, 0.5) is 11.4 Å². The van der Waals surface area contributed by atoms with E-state index in [1.807, 2.05) is 66.7 Å². The summed E-state index contributed by atoms with van der Waals surface area (Å²) in [7, 11) is 0. The number of thiazole rings is 1. The molecule has 0 aliphatic carbocycles. The Labute approximate surface area is 220 Å². The van der Waals surface area contributed by atoms with Crippen molar-refractivity contribution in [3.63, 3.8) is 0 Å². The number of carbonyl (C=O) groups excluding carboxylic acids is 2. The second kappa shape index (κ2) is 10.8.